The van der Waals surface area contributed by atoms with Crippen LogP contribution in [-0.2, 0) is 6.54 Å². The Morgan fingerprint density at radius 1 is 1.06 bits per heavy atom. The van der Waals surface area contributed by atoms with E-state index in [2.05, 4.69) is 41.5 Å². The molecule has 1 aromatic carbocycles. The van der Waals surface area contributed by atoms with E-state index >= 15 is 0 Å². The Balaban J connectivity index is 2.02. The fraction of sp³-hybridized carbons (Fsp3) is 0.154. The first kappa shape index (κ1) is 11.3. The van der Waals surface area contributed by atoms with E-state index in [9.17, 15) is 0 Å². The smallest absolute Gasteiger partial charge is 0.149 e. The summed E-state index contributed by atoms with van der Waals surface area (Å²) in [6.45, 7) is 2.79. The van der Waals surface area contributed by atoms with Crippen LogP contribution < -0.4 is 16.8 Å². The molecule has 0 spiro atoms. The zero-order valence-electron chi connectivity index (χ0n) is 9.77. The molecule has 2 rings (SSSR count). The number of nitrogens with one attached hydrogen (secondary N) is 1. The fourth-order valence-corrected chi connectivity index (χ4v) is 1.48. The summed E-state index contributed by atoms with van der Waals surface area (Å²) in [5, 5.41) is 3.20. The highest BCUT2D eigenvalue weighted by Crippen LogP contribution is 2.15. The molecule has 4 nitrogen and oxygen atoms in total. The van der Waals surface area contributed by atoms with Crippen molar-refractivity contribution in [2.75, 3.05) is 16.8 Å². The number of anilines is 3. The summed E-state index contributed by atoms with van der Waals surface area (Å²) in [6, 6.07) is 11.9. The number of pyridine rings is 1. The molecule has 0 saturated heterocycles. The third-order valence-electron chi connectivity index (χ3n) is 2.55. The summed E-state index contributed by atoms with van der Waals surface area (Å²) in [4.78, 5) is 4.15. The second-order valence-corrected chi connectivity index (χ2v) is 4.01. The lowest BCUT2D eigenvalue weighted by molar-refractivity contribution is 1.11. The minimum Gasteiger partial charge on any atom is -0.396 e. The lowest BCUT2D eigenvalue weighted by atomic mass is 10.1. The van der Waals surface area contributed by atoms with Gasteiger partial charge in [0.2, 0.25) is 0 Å². The first-order valence-corrected chi connectivity index (χ1v) is 5.46. The van der Waals surface area contributed by atoms with E-state index in [1.54, 1.807) is 6.07 Å². The first-order valence-electron chi connectivity index (χ1n) is 5.46. The Kier molecular flexibility index (Phi) is 3.14. The number of nitrogens with two attached hydrogens (primary N) is 2. The van der Waals surface area contributed by atoms with Crippen molar-refractivity contribution in [2.24, 2.45) is 0 Å². The van der Waals surface area contributed by atoms with Crippen molar-refractivity contribution in [3.05, 3.63) is 47.5 Å². The third kappa shape index (κ3) is 2.87. The van der Waals surface area contributed by atoms with Gasteiger partial charge in [-0.2, -0.15) is 0 Å². The molecule has 4 heteroatoms. The molecule has 0 aliphatic heterocycles. The van der Waals surface area contributed by atoms with Gasteiger partial charge in [-0.1, -0.05) is 29.8 Å². The van der Waals surface area contributed by atoms with Crippen LogP contribution in [0.5, 0.6) is 0 Å². The molecular weight excluding hydrogens is 212 g/mol. The molecule has 1 aromatic heterocycles. The molecule has 5 N–H and O–H groups in total. The van der Waals surface area contributed by atoms with E-state index in [0.29, 0.717) is 11.5 Å². The first-order chi connectivity index (χ1) is 8.15. The SMILES string of the molecule is Cc1ccc(CNc2ccc(N)c(N)n2)cc1. The van der Waals surface area contributed by atoms with Crippen LogP contribution in [0.4, 0.5) is 17.3 Å². The molecule has 1 heterocycles. The van der Waals surface area contributed by atoms with Gasteiger partial charge in [0.25, 0.3) is 0 Å². The molecule has 88 valence electrons. The van der Waals surface area contributed by atoms with Crippen LogP contribution in [0.2, 0.25) is 0 Å². The van der Waals surface area contributed by atoms with E-state index in [1.807, 2.05) is 6.07 Å². The van der Waals surface area contributed by atoms with Crippen LogP contribution in [0.15, 0.2) is 36.4 Å². The average Bonchev–Trinajstić information content (AvgIpc) is 2.33. The van der Waals surface area contributed by atoms with Crippen LogP contribution in [0, 0.1) is 6.92 Å². The number of nitrogens with zero attached hydrogens (tertiary/aromatic N) is 1. The molecule has 0 bridgehead atoms. The Morgan fingerprint density at radius 3 is 2.41 bits per heavy atom. The maximum absolute atomic E-state index is 5.63. The van der Waals surface area contributed by atoms with E-state index in [0.717, 1.165) is 12.4 Å². The van der Waals surface area contributed by atoms with Crippen molar-refractivity contribution in [1.82, 2.24) is 4.98 Å². The van der Waals surface area contributed by atoms with Gasteiger partial charge in [-0.15, -0.1) is 0 Å². The summed E-state index contributed by atoms with van der Waals surface area (Å²) in [5.74, 6) is 1.09. The zero-order valence-corrected chi connectivity index (χ0v) is 9.77. The van der Waals surface area contributed by atoms with Gasteiger partial charge in [0.1, 0.15) is 11.6 Å². The number of hydrogen-bond donors (Lipinski definition) is 3. The predicted molar refractivity (Wildman–Crippen MR) is 71.6 cm³/mol. The highest BCUT2D eigenvalue weighted by atomic mass is 15.0. The molecule has 0 atom stereocenters. The minimum absolute atomic E-state index is 0.360. The number of aryl methyl sites for hydroxylation is 1. The van der Waals surface area contributed by atoms with Crippen molar-refractivity contribution in [2.45, 2.75) is 13.5 Å². The molecule has 0 radical (unpaired) electrons. The van der Waals surface area contributed by atoms with Crippen molar-refractivity contribution in [1.29, 1.82) is 0 Å². The fourth-order valence-electron chi connectivity index (χ4n) is 1.48. The monoisotopic (exact) mass is 228 g/mol. The normalized spacial score (nSPS) is 10.2. The zero-order chi connectivity index (χ0) is 12.3. The summed E-state index contributed by atoms with van der Waals surface area (Å²) in [7, 11) is 0. The van der Waals surface area contributed by atoms with E-state index in [-0.39, 0.29) is 0 Å². The third-order valence-corrected chi connectivity index (χ3v) is 2.55. The molecule has 17 heavy (non-hydrogen) atoms. The second kappa shape index (κ2) is 4.74. The number of rotatable bonds is 3. The maximum atomic E-state index is 5.63. The van der Waals surface area contributed by atoms with Crippen molar-refractivity contribution >= 4 is 17.3 Å². The van der Waals surface area contributed by atoms with Crippen LogP contribution in [0.25, 0.3) is 0 Å². The molecule has 0 aliphatic rings. The summed E-state index contributed by atoms with van der Waals surface area (Å²) in [5.41, 5.74) is 14.2. The van der Waals surface area contributed by atoms with Gasteiger partial charge in [-0.3, -0.25) is 0 Å². The molecule has 0 unspecified atom stereocenters. The van der Waals surface area contributed by atoms with Crippen LogP contribution in [0.1, 0.15) is 11.1 Å². The molecule has 0 amide bonds. The molecule has 0 aliphatic carbocycles. The largest absolute Gasteiger partial charge is 0.396 e. The maximum Gasteiger partial charge on any atom is 0.149 e. The highest BCUT2D eigenvalue weighted by Gasteiger charge is 1.99. The van der Waals surface area contributed by atoms with Gasteiger partial charge in [-0.05, 0) is 24.6 Å². The molecule has 0 saturated carbocycles. The molecule has 2 aromatic rings. The predicted octanol–water partition coefficient (Wildman–Crippen LogP) is 2.17. The van der Waals surface area contributed by atoms with Gasteiger partial charge < -0.3 is 16.8 Å². The van der Waals surface area contributed by atoms with Gasteiger partial charge in [-0.25, -0.2) is 4.98 Å². The van der Waals surface area contributed by atoms with Crippen molar-refractivity contribution < 1.29 is 0 Å². The summed E-state index contributed by atoms with van der Waals surface area (Å²) < 4.78 is 0. The standard InChI is InChI=1S/C13H16N4/c1-9-2-4-10(5-3-9)8-16-12-7-6-11(14)13(15)17-12/h2-7H,8,14H2,1H3,(H3,15,16,17). The minimum atomic E-state index is 0.360. The quantitative estimate of drug-likeness (QED) is 0.752. The van der Waals surface area contributed by atoms with Crippen LogP contribution in [0.3, 0.4) is 0 Å². The Labute approximate surface area is 101 Å². The Hall–Kier alpha value is -2.23. The number of hydrogen-bond acceptors (Lipinski definition) is 4. The Bertz CT molecular complexity index is 505. The Morgan fingerprint density at radius 2 is 1.76 bits per heavy atom. The average molecular weight is 228 g/mol. The van der Waals surface area contributed by atoms with E-state index in [1.165, 1.54) is 11.1 Å². The highest BCUT2D eigenvalue weighted by molar-refractivity contribution is 5.61. The number of benzene rings is 1. The van der Waals surface area contributed by atoms with E-state index < -0.39 is 0 Å². The number of nitrogen functional groups attached to an aromatic ring is 2. The van der Waals surface area contributed by atoms with Gasteiger partial charge >= 0.3 is 0 Å². The van der Waals surface area contributed by atoms with Crippen LogP contribution >= 0.6 is 0 Å². The summed E-state index contributed by atoms with van der Waals surface area (Å²) in [6.07, 6.45) is 0. The van der Waals surface area contributed by atoms with Gasteiger partial charge in [0.15, 0.2) is 0 Å². The van der Waals surface area contributed by atoms with Crippen molar-refractivity contribution in [3.63, 3.8) is 0 Å². The second-order valence-electron chi connectivity index (χ2n) is 4.01. The lowest BCUT2D eigenvalue weighted by Gasteiger charge is -2.07. The van der Waals surface area contributed by atoms with Gasteiger partial charge in [0.05, 0.1) is 5.69 Å². The topological polar surface area (TPSA) is 77.0 Å². The molecule has 0 fully saturated rings. The van der Waals surface area contributed by atoms with Crippen molar-refractivity contribution in [3.8, 4) is 0 Å². The van der Waals surface area contributed by atoms with Crippen LogP contribution in [-0.4, -0.2) is 4.98 Å². The summed E-state index contributed by atoms with van der Waals surface area (Å²) >= 11 is 0. The van der Waals surface area contributed by atoms with E-state index in [4.69, 9.17) is 11.5 Å². The van der Waals surface area contributed by atoms with Gasteiger partial charge in [0, 0.05) is 6.54 Å². The molecular formula is C13H16N4. The lowest BCUT2D eigenvalue weighted by Crippen LogP contribution is -2.04. The number of aromatic nitrogens is 1.